The number of piperidine rings is 1. The van der Waals surface area contributed by atoms with Crippen molar-refractivity contribution in [3.63, 3.8) is 0 Å². The molecule has 29 heavy (non-hydrogen) atoms. The Hall–Kier alpha value is -1.86. The van der Waals surface area contributed by atoms with Crippen LogP contribution in [-0.2, 0) is 11.3 Å². The third-order valence-corrected chi connectivity index (χ3v) is 6.62. The maximum atomic E-state index is 14.6. The highest BCUT2D eigenvalue weighted by atomic mass is 32.2. The Morgan fingerprint density at radius 2 is 2.07 bits per heavy atom. The largest absolute Gasteiger partial charge is 0.444 e. The lowest BCUT2D eigenvalue weighted by atomic mass is 10.00. The number of carbonyl (C=O) groups is 1. The lowest BCUT2D eigenvalue weighted by Gasteiger charge is -2.40. The molecule has 2 unspecified atom stereocenters. The number of aryl methyl sites for hydroxylation is 1. The molecule has 7 heteroatoms. The van der Waals surface area contributed by atoms with Crippen molar-refractivity contribution < 1.29 is 18.3 Å². The predicted octanol–water partition coefficient (Wildman–Crippen LogP) is 5.93. The molecular weight excluding hydrogens is 394 g/mol. The third kappa shape index (κ3) is 4.83. The first-order valence-corrected chi connectivity index (χ1v) is 10.8. The number of amides is 1. The predicted molar refractivity (Wildman–Crippen MR) is 114 cm³/mol. The van der Waals surface area contributed by atoms with Crippen LogP contribution < -0.4 is 4.90 Å². The first-order chi connectivity index (χ1) is 14.0. The molecule has 1 aromatic carbocycles. The van der Waals surface area contributed by atoms with E-state index >= 15 is 0 Å². The van der Waals surface area contributed by atoms with Gasteiger partial charge in [0.1, 0.15) is 19.1 Å². The topological polar surface area (TPSA) is 32.8 Å². The Bertz CT molecular complexity index is 791. The van der Waals surface area contributed by atoms with Gasteiger partial charge in [-0.05, 0) is 44.2 Å². The molecular formula is C22H28F2N2O2S. The van der Waals surface area contributed by atoms with Gasteiger partial charge in [0.25, 0.3) is 0 Å². The summed E-state index contributed by atoms with van der Waals surface area (Å²) in [6.07, 6.45) is 3.65. The molecule has 1 fully saturated rings. The van der Waals surface area contributed by atoms with Crippen LogP contribution in [0.5, 0.6) is 0 Å². The van der Waals surface area contributed by atoms with Crippen molar-refractivity contribution >= 4 is 23.7 Å². The van der Waals surface area contributed by atoms with Gasteiger partial charge < -0.3 is 4.74 Å². The summed E-state index contributed by atoms with van der Waals surface area (Å²) in [5, 5.41) is 0. The van der Waals surface area contributed by atoms with E-state index in [-0.39, 0.29) is 23.0 Å². The van der Waals surface area contributed by atoms with Crippen LogP contribution in [0, 0.1) is 12.8 Å². The number of ether oxygens (including phenoxy) is 1. The molecule has 158 valence electrons. The fourth-order valence-corrected chi connectivity index (χ4v) is 4.99. The highest BCUT2D eigenvalue weighted by molar-refractivity contribution is 8.00. The monoisotopic (exact) mass is 422 g/mol. The van der Waals surface area contributed by atoms with Gasteiger partial charge in [-0.2, -0.15) is 0 Å². The van der Waals surface area contributed by atoms with Crippen molar-refractivity contribution in [2.24, 2.45) is 5.92 Å². The molecule has 3 rings (SSSR count). The number of hydrogen-bond acceptors (Lipinski definition) is 4. The molecule has 0 aliphatic carbocycles. The van der Waals surface area contributed by atoms with Crippen LogP contribution in [0.15, 0.2) is 41.6 Å². The number of carbonyl (C=O) groups excluding carboxylic acids is 1. The molecule has 1 amide bonds. The van der Waals surface area contributed by atoms with Gasteiger partial charge in [0.15, 0.2) is 0 Å². The molecule has 0 bridgehead atoms. The van der Waals surface area contributed by atoms with E-state index in [0.717, 1.165) is 41.6 Å². The number of nitrogens with zero attached hydrogens (tertiary/aromatic N) is 2. The number of halogens is 2. The summed E-state index contributed by atoms with van der Waals surface area (Å²) in [5.74, 6) is -0.380. The van der Waals surface area contributed by atoms with E-state index in [1.165, 1.54) is 0 Å². The number of rotatable bonds is 6. The summed E-state index contributed by atoms with van der Waals surface area (Å²) in [6, 6.07) is 5.97. The van der Waals surface area contributed by atoms with Crippen molar-refractivity contribution in [1.29, 1.82) is 0 Å². The Morgan fingerprint density at radius 3 is 2.72 bits per heavy atom. The normalized spacial score (nSPS) is 21.2. The minimum atomic E-state index is -1.37. The highest BCUT2D eigenvalue weighted by Crippen LogP contribution is 2.37. The van der Waals surface area contributed by atoms with Crippen LogP contribution in [0.4, 0.5) is 19.3 Å². The van der Waals surface area contributed by atoms with Crippen LogP contribution in [0.25, 0.3) is 0 Å². The van der Waals surface area contributed by atoms with Gasteiger partial charge in [0, 0.05) is 30.6 Å². The second kappa shape index (κ2) is 9.76. The number of alkyl halides is 1. The van der Waals surface area contributed by atoms with Crippen LogP contribution in [0.1, 0.15) is 37.8 Å². The van der Waals surface area contributed by atoms with Crippen LogP contribution in [-0.4, -0.2) is 35.7 Å². The standard InChI is InChI=1S/C22H28F2N2O2S/c1-4-6-15(2)20(24)19(13-23)29-25-11-9-18(10-12-25)26-21-16(3)7-5-8-17(21)14-28-22(26)27/h4-8,13,15,18,20H,9-12,14H2,1-3H3/b6-4-,19-13-. The molecule has 2 atom stereocenters. The number of fused-ring (bicyclic) bond motifs is 1. The molecule has 2 aliphatic heterocycles. The summed E-state index contributed by atoms with van der Waals surface area (Å²) < 4.78 is 35.2. The summed E-state index contributed by atoms with van der Waals surface area (Å²) in [5.41, 5.74) is 3.02. The van der Waals surface area contributed by atoms with E-state index in [1.54, 1.807) is 24.0 Å². The molecule has 0 spiro atoms. The smallest absolute Gasteiger partial charge is 0.414 e. The van der Waals surface area contributed by atoms with Gasteiger partial charge in [-0.15, -0.1) is 0 Å². The SMILES string of the molecule is C/C=C\C(C)C(F)/C(=C/F)SN1CCC(N2C(=O)OCc3cccc(C)c32)CC1. The van der Waals surface area contributed by atoms with Gasteiger partial charge in [0.05, 0.1) is 10.6 Å². The molecule has 0 aromatic heterocycles. The van der Waals surface area contributed by atoms with E-state index < -0.39 is 6.17 Å². The van der Waals surface area contributed by atoms with E-state index in [1.807, 2.05) is 36.4 Å². The van der Waals surface area contributed by atoms with Crippen LogP contribution >= 0.6 is 11.9 Å². The minimum absolute atomic E-state index is 0.0143. The lowest BCUT2D eigenvalue weighted by Crippen LogP contribution is -2.48. The second-order valence-electron chi connectivity index (χ2n) is 7.56. The zero-order valence-corrected chi connectivity index (χ0v) is 17.9. The third-order valence-electron chi connectivity index (χ3n) is 5.47. The van der Waals surface area contributed by atoms with Gasteiger partial charge in [-0.1, -0.05) is 37.3 Å². The zero-order chi connectivity index (χ0) is 21.0. The van der Waals surface area contributed by atoms with Crippen LogP contribution in [0.2, 0.25) is 0 Å². The summed E-state index contributed by atoms with van der Waals surface area (Å²) >= 11 is 1.14. The van der Waals surface area contributed by atoms with E-state index in [4.69, 9.17) is 4.74 Å². The van der Waals surface area contributed by atoms with E-state index in [9.17, 15) is 13.6 Å². The second-order valence-corrected chi connectivity index (χ2v) is 8.73. The van der Waals surface area contributed by atoms with Gasteiger partial charge in [0.2, 0.25) is 0 Å². The van der Waals surface area contributed by atoms with Gasteiger partial charge in [-0.25, -0.2) is 17.9 Å². The number of allylic oxidation sites excluding steroid dienone is 3. The Labute approximate surface area is 175 Å². The molecule has 2 aliphatic rings. The summed E-state index contributed by atoms with van der Waals surface area (Å²) in [7, 11) is 0. The number of hydrogen-bond donors (Lipinski definition) is 0. The van der Waals surface area contributed by atoms with Crippen molar-refractivity contribution in [2.75, 3.05) is 18.0 Å². The van der Waals surface area contributed by atoms with E-state index in [0.29, 0.717) is 26.0 Å². The zero-order valence-electron chi connectivity index (χ0n) is 17.1. The van der Waals surface area contributed by atoms with Crippen LogP contribution in [0.3, 0.4) is 0 Å². The number of anilines is 1. The first-order valence-electron chi connectivity index (χ1n) is 10.0. The Morgan fingerprint density at radius 1 is 1.34 bits per heavy atom. The number of para-hydroxylation sites is 1. The Balaban J connectivity index is 1.65. The van der Waals surface area contributed by atoms with Gasteiger partial charge in [-0.3, -0.25) is 4.90 Å². The maximum Gasteiger partial charge on any atom is 0.414 e. The minimum Gasteiger partial charge on any atom is -0.444 e. The molecule has 0 N–H and O–H groups in total. The van der Waals surface area contributed by atoms with E-state index in [2.05, 4.69) is 0 Å². The summed E-state index contributed by atoms with van der Waals surface area (Å²) in [4.78, 5) is 14.4. The molecule has 2 heterocycles. The maximum absolute atomic E-state index is 14.6. The molecule has 1 aromatic rings. The fraction of sp³-hybridized carbons (Fsp3) is 0.500. The Kier molecular flexibility index (Phi) is 7.35. The molecule has 0 saturated carbocycles. The molecule has 1 saturated heterocycles. The van der Waals surface area contributed by atoms with Crippen molar-refractivity contribution in [2.45, 2.75) is 52.4 Å². The number of benzene rings is 1. The molecule has 4 nitrogen and oxygen atoms in total. The van der Waals surface area contributed by atoms with Gasteiger partial charge >= 0.3 is 6.09 Å². The lowest BCUT2D eigenvalue weighted by molar-refractivity contribution is 0.136. The summed E-state index contributed by atoms with van der Waals surface area (Å²) in [6.45, 7) is 7.15. The fourth-order valence-electron chi connectivity index (χ4n) is 3.94. The quantitative estimate of drug-likeness (QED) is 0.420. The molecule has 0 radical (unpaired) electrons. The van der Waals surface area contributed by atoms with Crippen molar-refractivity contribution in [1.82, 2.24) is 4.31 Å². The average Bonchev–Trinajstić information content (AvgIpc) is 2.73. The average molecular weight is 423 g/mol. The first kappa shape index (κ1) is 21.8. The number of cyclic esters (lactones) is 1. The highest BCUT2D eigenvalue weighted by Gasteiger charge is 2.35. The van der Waals surface area contributed by atoms with Crippen molar-refractivity contribution in [3.8, 4) is 0 Å². The van der Waals surface area contributed by atoms with Crippen molar-refractivity contribution in [3.05, 3.63) is 52.7 Å².